The summed E-state index contributed by atoms with van der Waals surface area (Å²) in [4.78, 5) is 0. The van der Waals surface area contributed by atoms with Crippen LogP contribution in [0.15, 0.2) is 0 Å². The molecule has 0 saturated heterocycles. The average molecular weight is 198 g/mol. The van der Waals surface area contributed by atoms with Gasteiger partial charge in [-0.05, 0) is 50.9 Å². The van der Waals surface area contributed by atoms with Crippen LogP contribution in [-0.4, -0.2) is 23.9 Å². The molecule has 0 spiro atoms. The van der Waals surface area contributed by atoms with Crippen LogP contribution in [0.2, 0.25) is 0 Å². The second-order valence-corrected chi connectivity index (χ2v) is 4.91. The molecule has 0 aliphatic heterocycles. The van der Waals surface area contributed by atoms with Crippen molar-refractivity contribution in [3.63, 3.8) is 0 Å². The third kappa shape index (κ3) is 2.29. The van der Waals surface area contributed by atoms with E-state index in [4.69, 9.17) is 4.74 Å². The van der Waals surface area contributed by atoms with Crippen molar-refractivity contribution < 1.29 is 9.84 Å². The second kappa shape index (κ2) is 4.63. The molecule has 2 aliphatic carbocycles. The van der Waals surface area contributed by atoms with Crippen molar-refractivity contribution in [2.45, 2.75) is 57.7 Å². The maximum atomic E-state index is 9.88. The molecule has 0 bridgehead atoms. The summed E-state index contributed by atoms with van der Waals surface area (Å²) in [6.45, 7) is 2.89. The van der Waals surface area contributed by atoms with Crippen LogP contribution >= 0.6 is 0 Å². The van der Waals surface area contributed by atoms with Crippen LogP contribution in [0.4, 0.5) is 0 Å². The van der Waals surface area contributed by atoms with Crippen molar-refractivity contribution in [1.29, 1.82) is 0 Å². The fourth-order valence-electron chi connectivity index (χ4n) is 2.60. The summed E-state index contributed by atoms with van der Waals surface area (Å²) in [5.41, 5.74) is 0. The average Bonchev–Trinajstić information content (AvgIpc) is 1.97. The summed E-state index contributed by atoms with van der Waals surface area (Å²) in [7, 11) is 0. The van der Waals surface area contributed by atoms with Crippen molar-refractivity contribution in [1.82, 2.24) is 0 Å². The molecule has 1 atom stereocenters. The quantitative estimate of drug-likeness (QED) is 0.735. The highest BCUT2D eigenvalue weighted by Gasteiger charge is 2.34. The van der Waals surface area contributed by atoms with Crippen molar-refractivity contribution in [2.24, 2.45) is 11.8 Å². The molecular weight excluding hydrogens is 176 g/mol. The standard InChI is InChI=1S/C12H22O2/c1-2-14-11-6-9(7-11)8-12(13)10-4-3-5-10/h9-13H,2-8H2,1H3. The molecule has 0 heterocycles. The van der Waals surface area contributed by atoms with E-state index in [1.54, 1.807) is 0 Å². The van der Waals surface area contributed by atoms with E-state index in [1.807, 2.05) is 0 Å². The fraction of sp³-hybridized carbons (Fsp3) is 1.00. The Labute approximate surface area is 86.6 Å². The maximum Gasteiger partial charge on any atom is 0.0580 e. The number of aliphatic hydroxyl groups excluding tert-OH is 1. The van der Waals surface area contributed by atoms with E-state index in [9.17, 15) is 5.11 Å². The Morgan fingerprint density at radius 2 is 2.07 bits per heavy atom. The van der Waals surface area contributed by atoms with Gasteiger partial charge in [-0.25, -0.2) is 0 Å². The first-order chi connectivity index (χ1) is 6.79. The smallest absolute Gasteiger partial charge is 0.0580 e. The summed E-state index contributed by atoms with van der Waals surface area (Å²) in [6, 6.07) is 0. The lowest BCUT2D eigenvalue weighted by atomic mass is 9.73. The Hall–Kier alpha value is -0.0800. The van der Waals surface area contributed by atoms with Gasteiger partial charge < -0.3 is 9.84 Å². The molecule has 2 aliphatic rings. The summed E-state index contributed by atoms with van der Waals surface area (Å²) in [6.07, 6.45) is 7.69. The number of ether oxygens (including phenoxy) is 1. The van der Waals surface area contributed by atoms with E-state index in [0.29, 0.717) is 12.0 Å². The van der Waals surface area contributed by atoms with Crippen molar-refractivity contribution in [2.75, 3.05) is 6.61 Å². The Morgan fingerprint density at radius 3 is 2.57 bits per heavy atom. The number of hydrogen-bond acceptors (Lipinski definition) is 2. The van der Waals surface area contributed by atoms with Gasteiger partial charge in [0, 0.05) is 6.61 Å². The topological polar surface area (TPSA) is 29.5 Å². The van der Waals surface area contributed by atoms with Gasteiger partial charge in [0.05, 0.1) is 12.2 Å². The lowest BCUT2D eigenvalue weighted by Gasteiger charge is -2.39. The van der Waals surface area contributed by atoms with Gasteiger partial charge in [0.1, 0.15) is 0 Å². The molecule has 1 N–H and O–H groups in total. The van der Waals surface area contributed by atoms with E-state index in [1.165, 1.54) is 32.1 Å². The van der Waals surface area contributed by atoms with Gasteiger partial charge in [0.25, 0.3) is 0 Å². The van der Waals surface area contributed by atoms with Crippen molar-refractivity contribution in [3.05, 3.63) is 0 Å². The molecule has 2 saturated carbocycles. The minimum absolute atomic E-state index is 0.0173. The summed E-state index contributed by atoms with van der Waals surface area (Å²) < 4.78 is 5.51. The van der Waals surface area contributed by atoms with Gasteiger partial charge >= 0.3 is 0 Å². The predicted octanol–water partition coefficient (Wildman–Crippen LogP) is 2.35. The zero-order valence-electron chi connectivity index (χ0n) is 9.11. The van der Waals surface area contributed by atoms with Gasteiger partial charge in [-0.1, -0.05) is 6.42 Å². The molecule has 0 aromatic rings. The Morgan fingerprint density at radius 1 is 1.36 bits per heavy atom. The van der Waals surface area contributed by atoms with Gasteiger partial charge in [0.2, 0.25) is 0 Å². The van der Waals surface area contributed by atoms with Gasteiger partial charge in [-0.15, -0.1) is 0 Å². The summed E-state index contributed by atoms with van der Waals surface area (Å²) >= 11 is 0. The van der Waals surface area contributed by atoms with Crippen molar-refractivity contribution >= 4 is 0 Å². The Bertz CT molecular complexity index is 171. The normalized spacial score (nSPS) is 34.7. The van der Waals surface area contributed by atoms with E-state index in [2.05, 4.69) is 6.92 Å². The maximum absolute atomic E-state index is 9.88. The number of hydrogen-bond donors (Lipinski definition) is 1. The molecule has 2 heteroatoms. The summed E-state index contributed by atoms with van der Waals surface area (Å²) in [5, 5.41) is 9.88. The molecular formula is C12H22O2. The largest absolute Gasteiger partial charge is 0.393 e. The highest BCUT2D eigenvalue weighted by atomic mass is 16.5. The molecule has 82 valence electrons. The lowest BCUT2D eigenvalue weighted by Crippen LogP contribution is -2.36. The fourth-order valence-corrected chi connectivity index (χ4v) is 2.60. The monoisotopic (exact) mass is 198 g/mol. The summed E-state index contributed by atoms with van der Waals surface area (Å²) in [5.74, 6) is 1.36. The van der Waals surface area contributed by atoms with Crippen LogP contribution in [0.3, 0.4) is 0 Å². The molecule has 2 nitrogen and oxygen atoms in total. The van der Waals surface area contributed by atoms with Crippen LogP contribution in [0.5, 0.6) is 0 Å². The van der Waals surface area contributed by atoms with E-state index in [0.717, 1.165) is 18.9 Å². The number of rotatable bonds is 5. The van der Waals surface area contributed by atoms with E-state index < -0.39 is 0 Å². The first kappa shape index (κ1) is 10.4. The molecule has 0 amide bonds. The highest BCUT2D eigenvalue weighted by molar-refractivity contribution is 4.85. The minimum Gasteiger partial charge on any atom is -0.393 e. The molecule has 2 rings (SSSR count). The van der Waals surface area contributed by atoms with Crippen LogP contribution < -0.4 is 0 Å². The molecule has 1 unspecified atom stereocenters. The van der Waals surface area contributed by atoms with Crippen LogP contribution in [0.1, 0.15) is 45.4 Å². The third-order valence-corrected chi connectivity index (χ3v) is 3.86. The molecule has 0 aromatic carbocycles. The van der Waals surface area contributed by atoms with Gasteiger partial charge in [-0.2, -0.15) is 0 Å². The van der Waals surface area contributed by atoms with Crippen LogP contribution in [0, 0.1) is 11.8 Å². The molecule has 2 fully saturated rings. The van der Waals surface area contributed by atoms with E-state index in [-0.39, 0.29) is 6.10 Å². The second-order valence-electron chi connectivity index (χ2n) is 4.91. The Balaban J connectivity index is 1.58. The SMILES string of the molecule is CCOC1CC(CC(O)C2CCC2)C1. The highest BCUT2D eigenvalue weighted by Crippen LogP contribution is 2.38. The van der Waals surface area contributed by atoms with E-state index >= 15 is 0 Å². The first-order valence-electron chi connectivity index (χ1n) is 6.09. The molecule has 0 radical (unpaired) electrons. The lowest BCUT2D eigenvalue weighted by molar-refractivity contribution is -0.0489. The number of aliphatic hydroxyl groups is 1. The molecule has 0 aromatic heterocycles. The van der Waals surface area contributed by atoms with Crippen molar-refractivity contribution in [3.8, 4) is 0 Å². The van der Waals surface area contributed by atoms with Gasteiger partial charge in [-0.3, -0.25) is 0 Å². The minimum atomic E-state index is -0.0173. The molecule has 14 heavy (non-hydrogen) atoms. The van der Waals surface area contributed by atoms with Crippen LogP contribution in [-0.2, 0) is 4.74 Å². The third-order valence-electron chi connectivity index (χ3n) is 3.86. The van der Waals surface area contributed by atoms with Gasteiger partial charge in [0.15, 0.2) is 0 Å². The zero-order chi connectivity index (χ0) is 9.97. The predicted molar refractivity (Wildman–Crippen MR) is 56.1 cm³/mol. The zero-order valence-corrected chi connectivity index (χ0v) is 9.11. The van der Waals surface area contributed by atoms with Crippen LogP contribution in [0.25, 0.3) is 0 Å². The first-order valence-corrected chi connectivity index (χ1v) is 6.09. The Kier molecular flexibility index (Phi) is 3.45.